The smallest absolute Gasteiger partial charge is 0.407 e. The number of hydrogen-bond acceptors (Lipinski definition) is 5. The van der Waals surface area contributed by atoms with Gasteiger partial charge in [-0.3, -0.25) is 14.4 Å². The van der Waals surface area contributed by atoms with Crippen molar-refractivity contribution >= 4 is 23.8 Å². The minimum absolute atomic E-state index is 0.141. The molecule has 0 aromatic carbocycles. The molecule has 1 atom stereocenters. The highest BCUT2D eigenvalue weighted by molar-refractivity contribution is 5.96. The molecule has 0 unspecified atom stereocenters. The third-order valence-electron chi connectivity index (χ3n) is 4.02. The quantitative estimate of drug-likeness (QED) is 0.384. The number of carbonyl (C=O) groups excluding carboxylic acids is 4. The van der Waals surface area contributed by atoms with E-state index >= 15 is 0 Å². The molecule has 0 radical (unpaired) electrons. The Balaban J connectivity index is 2.62. The van der Waals surface area contributed by atoms with Gasteiger partial charge in [-0.2, -0.15) is 0 Å². The fraction of sp³-hybridized carbons (Fsp3) is 0.765. The van der Waals surface area contributed by atoms with Crippen molar-refractivity contribution in [3.05, 3.63) is 0 Å². The van der Waals surface area contributed by atoms with Gasteiger partial charge in [0, 0.05) is 0 Å². The van der Waals surface area contributed by atoms with Crippen LogP contribution in [-0.2, 0) is 19.1 Å². The Morgan fingerprint density at radius 1 is 1.19 bits per heavy atom. The second-order valence-corrected chi connectivity index (χ2v) is 7.04. The molecular weight excluding hydrogens is 340 g/mol. The summed E-state index contributed by atoms with van der Waals surface area (Å²) in [4.78, 5) is 47.4. The maximum atomic E-state index is 12.6. The Morgan fingerprint density at radius 2 is 1.85 bits per heavy atom. The van der Waals surface area contributed by atoms with Crippen LogP contribution in [0.3, 0.4) is 0 Å². The first-order valence-corrected chi connectivity index (χ1v) is 9.02. The molecule has 0 aromatic heterocycles. The number of ether oxygens (including phenoxy) is 1. The summed E-state index contributed by atoms with van der Waals surface area (Å²) in [5.41, 5.74) is 4.00. The van der Waals surface area contributed by atoms with Gasteiger partial charge >= 0.3 is 6.09 Å². The van der Waals surface area contributed by atoms with Gasteiger partial charge in [0.15, 0.2) is 0 Å². The van der Waals surface area contributed by atoms with Crippen molar-refractivity contribution < 1.29 is 23.9 Å². The molecule has 0 saturated heterocycles. The van der Waals surface area contributed by atoms with E-state index in [9.17, 15) is 19.2 Å². The number of hydrogen-bond donors (Lipinski definition) is 4. The number of alkyl carbamates (subject to hydrolysis) is 1. The summed E-state index contributed by atoms with van der Waals surface area (Å²) in [6.07, 6.45) is 2.38. The highest BCUT2D eigenvalue weighted by Gasteiger charge is 2.52. The Hall–Kier alpha value is -2.32. The highest BCUT2D eigenvalue weighted by Crippen LogP contribution is 2.36. The number of amides is 4. The molecule has 5 N–H and O–H groups in total. The zero-order chi connectivity index (χ0) is 19.7. The number of carbonyl (C=O) groups is 4. The fourth-order valence-corrected chi connectivity index (χ4v) is 2.37. The molecule has 9 nitrogen and oxygen atoms in total. The zero-order valence-electron chi connectivity index (χ0n) is 15.7. The van der Waals surface area contributed by atoms with Crippen LogP contribution in [0.4, 0.5) is 4.79 Å². The van der Waals surface area contributed by atoms with Crippen molar-refractivity contribution in [3.8, 4) is 0 Å². The van der Waals surface area contributed by atoms with E-state index in [2.05, 4.69) is 16.0 Å². The van der Waals surface area contributed by atoms with Crippen LogP contribution in [0.15, 0.2) is 0 Å². The van der Waals surface area contributed by atoms with E-state index in [0.29, 0.717) is 25.9 Å². The Kier molecular flexibility index (Phi) is 8.34. The van der Waals surface area contributed by atoms with Crippen LogP contribution in [0.25, 0.3) is 0 Å². The minimum Gasteiger partial charge on any atom is -0.450 e. The molecule has 1 rings (SSSR count). The third-order valence-corrected chi connectivity index (χ3v) is 4.02. The van der Waals surface area contributed by atoms with Gasteiger partial charge in [-0.1, -0.05) is 27.2 Å². The topological polar surface area (TPSA) is 140 Å². The summed E-state index contributed by atoms with van der Waals surface area (Å²) in [6, 6.07) is -0.808. The molecule has 0 aromatic rings. The highest BCUT2D eigenvalue weighted by atomic mass is 16.5. The summed E-state index contributed by atoms with van der Waals surface area (Å²) in [7, 11) is 0. The lowest BCUT2D eigenvalue weighted by Crippen LogP contribution is -2.56. The maximum Gasteiger partial charge on any atom is 0.407 e. The Bertz CT molecular complexity index is 531. The first-order chi connectivity index (χ1) is 12.2. The lowest BCUT2D eigenvalue weighted by molar-refractivity contribution is -0.131. The molecule has 0 heterocycles. The standard InChI is InChI=1S/C17H30N4O5/c1-4-5-8-26-16(25)21-17(6-7-17)15(24)20-12(9-11(2)3)14(23)19-10-13(18)22/h11-12H,4-10H2,1-3H3,(H2,18,22)(H,19,23)(H,20,24)(H,21,25)/t12-/m0/s1. The second kappa shape index (κ2) is 9.98. The van der Waals surface area contributed by atoms with Gasteiger partial charge in [-0.15, -0.1) is 0 Å². The van der Waals surface area contributed by atoms with E-state index in [-0.39, 0.29) is 12.5 Å². The van der Waals surface area contributed by atoms with E-state index in [4.69, 9.17) is 10.5 Å². The molecule has 1 aliphatic carbocycles. The molecule has 148 valence electrons. The largest absolute Gasteiger partial charge is 0.450 e. The van der Waals surface area contributed by atoms with Gasteiger partial charge in [0.1, 0.15) is 11.6 Å². The predicted octanol–water partition coefficient (Wildman–Crippen LogP) is 0.178. The summed E-state index contributed by atoms with van der Waals surface area (Å²) >= 11 is 0. The normalized spacial score (nSPS) is 15.7. The zero-order valence-corrected chi connectivity index (χ0v) is 15.7. The van der Waals surface area contributed by atoms with Gasteiger partial charge in [-0.05, 0) is 31.6 Å². The van der Waals surface area contributed by atoms with Gasteiger partial charge < -0.3 is 26.4 Å². The first kappa shape index (κ1) is 21.7. The van der Waals surface area contributed by atoms with E-state index in [1.165, 1.54) is 0 Å². The molecule has 1 aliphatic rings. The lowest BCUT2D eigenvalue weighted by atomic mass is 10.0. The van der Waals surface area contributed by atoms with Gasteiger partial charge in [-0.25, -0.2) is 4.79 Å². The molecule has 0 aliphatic heterocycles. The number of unbranched alkanes of at least 4 members (excludes halogenated alkanes) is 1. The van der Waals surface area contributed by atoms with Crippen molar-refractivity contribution in [2.24, 2.45) is 11.7 Å². The first-order valence-electron chi connectivity index (χ1n) is 9.02. The molecule has 0 bridgehead atoms. The fourth-order valence-electron chi connectivity index (χ4n) is 2.37. The summed E-state index contributed by atoms with van der Waals surface area (Å²) < 4.78 is 5.03. The molecular formula is C17H30N4O5. The van der Waals surface area contributed by atoms with Crippen LogP contribution < -0.4 is 21.7 Å². The van der Waals surface area contributed by atoms with Crippen LogP contribution in [0, 0.1) is 5.92 Å². The Morgan fingerprint density at radius 3 is 2.35 bits per heavy atom. The van der Waals surface area contributed by atoms with Crippen molar-refractivity contribution in [2.75, 3.05) is 13.2 Å². The lowest BCUT2D eigenvalue weighted by Gasteiger charge is -2.23. The molecule has 4 amide bonds. The van der Waals surface area contributed by atoms with Gasteiger partial charge in [0.05, 0.1) is 13.2 Å². The van der Waals surface area contributed by atoms with E-state index < -0.39 is 35.4 Å². The Labute approximate surface area is 153 Å². The SMILES string of the molecule is CCCCOC(=O)NC1(C(=O)N[C@@H](CC(C)C)C(=O)NCC(N)=O)CC1. The molecule has 0 spiro atoms. The van der Waals surface area contributed by atoms with Crippen LogP contribution in [-0.4, -0.2) is 48.5 Å². The van der Waals surface area contributed by atoms with Crippen molar-refractivity contribution in [2.45, 2.75) is 64.5 Å². The maximum absolute atomic E-state index is 12.6. The molecule has 1 fully saturated rings. The molecule has 9 heteroatoms. The number of primary amides is 1. The van der Waals surface area contributed by atoms with Crippen LogP contribution in [0.1, 0.15) is 52.9 Å². The second-order valence-electron chi connectivity index (χ2n) is 7.04. The monoisotopic (exact) mass is 370 g/mol. The summed E-state index contributed by atoms with van der Waals surface area (Å²) in [6.45, 7) is 5.81. The number of rotatable bonds is 11. The van der Waals surface area contributed by atoms with Crippen LogP contribution in [0.2, 0.25) is 0 Å². The average Bonchev–Trinajstić information content (AvgIpc) is 3.32. The van der Waals surface area contributed by atoms with Crippen molar-refractivity contribution in [3.63, 3.8) is 0 Å². The van der Waals surface area contributed by atoms with Gasteiger partial charge in [0.2, 0.25) is 17.7 Å². The number of nitrogens with one attached hydrogen (secondary N) is 3. The van der Waals surface area contributed by atoms with E-state index in [1.54, 1.807) is 0 Å². The van der Waals surface area contributed by atoms with Crippen molar-refractivity contribution in [1.29, 1.82) is 0 Å². The third kappa shape index (κ3) is 7.28. The van der Waals surface area contributed by atoms with E-state index in [0.717, 1.165) is 12.8 Å². The summed E-state index contributed by atoms with van der Waals surface area (Å²) in [5.74, 6) is -1.43. The van der Waals surface area contributed by atoms with Gasteiger partial charge in [0.25, 0.3) is 0 Å². The minimum atomic E-state index is -1.03. The molecule has 26 heavy (non-hydrogen) atoms. The number of nitrogens with two attached hydrogens (primary N) is 1. The van der Waals surface area contributed by atoms with Crippen LogP contribution >= 0.6 is 0 Å². The molecule has 1 saturated carbocycles. The van der Waals surface area contributed by atoms with E-state index in [1.807, 2.05) is 20.8 Å². The summed E-state index contributed by atoms with van der Waals surface area (Å²) in [5, 5.41) is 7.67. The van der Waals surface area contributed by atoms with Crippen LogP contribution in [0.5, 0.6) is 0 Å². The predicted molar refractivity (Wildman–Crippen MR) is 94.9 cm³/mol. The van der Waals surface area contributed by atoms with Crippen molar-refractivity contribution in [1.82, 2.24) is 16.0 Å². The average molecular weight is 370 g/mol.